The largest absolute Gasteiger partial charge is 0.378 e. The molecule has 2 nitrogen and oxygen atoms in total. The van der Waals surface area contributed by atoms with Crippen molar-refractivity contribution in [2.24, 2.45) is 0 Å². The van der Waals surface area contributed by atoms with Crippen molar-refractivity contribution in [2.75, 3.05) is 25.5 Å². The van der Waals surface area contributed by atoms with Gasteiger partial charge in [0.1, 0.15) is 0 Å². The molecule has 2 rings (SSSR count). The number of benzene rings is 2. The first kappa shape index (κ1) is 15.6. The van der Waals surface area contributed by atoms with Crippen molar-refractivity contribution >= 4 is 5.69 Å². The first-order chi connectivity index (χ1) is 10.1. The van der Waals surface area contributed by atoms with Crippen LogP contribution >= 0.6 is 0 Å². The zero-order chi connectivity index (χ0) is 15.2. The van der Waals surface area contributed by atoms with Gasteiger partial charge in [0.15, 0.2) is 0 Å². The van der Waals surface area contributed by atoms with Gasteiger partial charge in [-0.1, -0.05) is 48.9 Å². The summed E-state index contributed by atoms with van der Waals surface area (Å²) in [5.74, 6) is 0. The lowest BCUT2D eigenvalue weighted by atomic mass is 9.98. The minimum Gasteiger partial charge on any atom is -0.378 e. The van der Waals surface area contributed by atoms with E-state index in [1.165, 1.54) is 22.4 Å². The number of aryl methyl sites for hydroxylation is 1. The molecule has 0 heterocycles. The van der Waals surface area contributed by atoms with Crippen molar-refractivity contribution in [1.29, 1.82) is 0 Å². The van der Waals surface area contributed by atoms with Crippen LogP contribution in [0, 0.1) is 6.92 Å². The third kappa shape index (κ3) is 4.33. The molecule has 0 fully saturated rings. The van der Waals surface area contributed by atoms with E-state index in [1.807, 2.05) is 0 Å². The van der Waals surface area contributed by atoms with Gasteiger partial charge in [-0.2, -0.15) is 0 Å². The Morgan fingerprint density at radius 1 is 0.952 bits per heavy atom. The molecule has 0 bridgehead atoms. The Balaban J connectivity index is 2.15. The Bertz CT molecular complexity index is 541. The normalized spacial score (nSPS) is 12.2. The maximum Gasteiger partial charge on any atom is 0.0361 e. The van der Waals surface area contributed by atoms with Gasteiger partial charge in [-0.3, -0.25) is 0 Å². The van der Waals surface area contributed by atoms with Gasteiger partial charge in [0, 0.05) is 25.8 Å². The van der Waals surface area contributed by atoms with E-state index in [1.54, 1.807) is 0 Å². The molecule has 21 heavy (non-hydrogen) atoms. The Labute approximate surface area is 128 Å². The number of hydrogen-bond donors (Lipinski definition) is 1. The van der Waals surface area contributed by atoms with Crippen LogP contribution in [0.2, 0.25) is 0 Å². The molecule has 0 aromatic heterocycles. The van der Waals surface area contributed by atoms with E-state index in [0.29, 0.717) is 6.04 Å². The van der Waals surface area contributed by atoms with Gasteiger partial charge in [-0.05, 0) is 43.1 Å². The highest BCUT2D eigenvalue weighted by atomic mass is 15.1. The van der Waals surface area contributed by atoms with Crippen LogP contribution in [0.15, 0.2) is 48.5 Å². The molecule has 0 aliphatic carbocycles. The molecular formula is C19H26N2. The number of anilines is 1. The van der Waals surface area contributed by atoms with Gasteiger partial charge in [-0.15, -0.1) is 0 Å². The number of likely N-dealkylation sites (N-methyl/N-ethyl adjacent to an activating group) is 1. The van der Waals surface area contributed by atoms with Crippen LogP contribution in [-0.4, -0.2) is 20.6 Å². The minimum atomic E-state index is 0.369. The third-order valence-corrected chi connectivity index (χ3v) is 3.82. The average Bonchev–Trinajstić information content (AvgIpc) is 2.49. The van der Waals surface area contributed by atoms with E-state index >= 15 is 0 Å². The molecule has 0 aliphatic heterocycles. The molecule has 2 aromatic carbocycles. The molecule has 0 radical (unpaired) electrons. The van der Waals surface area contributed by atoms with Gasteiger partial charge >= 0.3 is 0 Å². The van der Waals surface area contributed by atoms with Crippen LogP contribution in [-0.2, 0) is 6.42 Å². The average molecular weight is 282 g/mol. The summed E-state index contributed by atoms with van der Waals surface area (Å²) in [5.41, 5.74) is 5.28. The van der Waals surface area contributed by atoms with Gasteiger partial charge in [0.25, 0.3) is 0 Å². The summed E-state index contributed by atoms with van der Waals surface area (Å²) in [4.78, 5) is 2.13. The maximum atomic E-state index is 3.60. The summed E-state index contributed by atoms with van der Waals surface area (Å²) in [6.45, 7) is 5.27. The predicted octanol–water partition coefficient (Wildman–Crippen LogP) is 3.95. The number of nitrogens with zero attached hydrogens (tertiary/aromatic N) is 1. The molecule has 1 N–H and O–H groups in total. The summed E-state index contributed by atoms with van der Waals surface area (Å²) >= 11 is 0. The lowest BCUT2D eigenvalue weighted by Gasteiger charge is -2.20. The Morgan fingerprint density at radius 2 is 1.57 bits per heavy atom. The summed E-state index contributed by atoms with van der Waals surface area (Å²) < 4.78 is 0. The molecule has 2 aromatic rings. The minimum absolute atomic E-state index is 0.369. The van der Waals surface area contributed by atoms with Crippen molar-refractivity contribution in [1.82, 2.24) is 5.32 Å². The second-order valence-corrected chi connectivity index (χ2v) is 5.79. The third-order valence-electron chi connectivity index (χ3n) is 3.82. The van der Waals surface area contributed by atoms with E-state index in [4.69, 9.17) is 0 Å². The molecule has 0 aliphatic rings. The van der Waals surface area contributed by atoms with Gasteiger partial charge in [0.2, 0.25) is 0 Å². The van der Waals surface area contributed by atoms with E-state index < -0.39 is 0 Å². The maximum absolute atomic E-state index is 3.60. The SMILES string of the molecule is CCNC(Cc1ccc(C)cc1)c1ccc(N(C)C)cc1. The van der Waals surface area contributed by atoms with Crippen molar-refractivity contribution < 1.29 is 0 Å². The van der Waals surface area contributed by atoms with Crippen LogP contribution in [0.3, 0.4) is 0 Å². The number of hydrogen-bond acceptors (Lipinski definition) is 2. The summed E-state index contributed by atoms with van der Waals surface area (Å²) in [6, 6.07) is 18.0. The molecular weight excluding hydrogens is 256 g/mol. The first-order valence-electron chi connectivity index (χ1n) is 7.66. The summed E-state index contributed by atoms with van der Waals surface area (Å²) in [5, 5.41) is 3.60. The fourth-order valence-corrected chi connectivity index (χ4v) is 2.52. The van der Waals surface area contributed by atoms with Crippen LogP contribution in [0.1, 0.15) is 29.7 Å². The second kappa shape index (κ2) is 7.28. The second-order valence-electron chi connectivity index (χ2n) is 5.79. The van der Waals surface area contributed by atoms with Gasteiger partial charge in [0.05, 0.1) is 0 Å². The fraction of sp³-hybridized carbons (Fsp3) is 0.368. The lowest BCUT2D eigenvalue weighted by Crippen LogP contribution is -2.23. The molecule has 0 saturated carbocycles. The molecule has 0 saturated heterocycles. The van der Waals surface area contributed by atoms with Crippen LogP contribution in [0.4, 0.5) is 5.69 Å². The fourth-order valence-electron chi connectivity index (χ4n) is 2.52. The number of rotatable bonds is 6. The molecule has 112 valence electrons. The van der Waals surface area contributed by atoms with E-state index in [2.05, 4.69) is 86.7 Å². The van der Waals surface area contributed by atoms with Crippen molar-refractivity contribution in [3.05, 3.63) is 65.2 Å². The van der Waals surface area contributed by atoms with E-state index in [9.17, 15) is 0 Å². The molecule has 1 atom stereocenters. The zero-order valence-electron chi connectivity index (χ0n) is 13.6. The molecule has 0 spiro atoms. The Kier molecular flexibility index (Phi) is 5.40. The van der Waals surface area contributed by atoms with Crippen molar-refractivity contribution in [3.8, 4) is 0 Å². The van der Waals surface area contributed by atoms with Gasteiger partial charge < -0.3 is 10.2 Å². The monoisotopic (exact) mass is 282 g/mol. The highest BCUT2D eigenvalue weighted by molar-refractivity contribution is 5.46. The first-order valence-corrected chi connectivity index (χ1v) is 7.66. The molecule has 0 amide bonds. The Hall–Kier alpha value is -1.80. The zero-order valence-corrected chi connectivity index (χ0v) is 13.6. The van der Waals surface area contributed by atoms with Crippen molar-refractivity contribution in [2.45, 2.75) is 26.3 Å². The lowest BCUT2D eigenvalue weighted by molar-refractivity contribution is 0.550. The quantitative estimate of drug-likeness (QED) is 0.863. The van der Waals surface area contributed by atoms with Crippen LogP contribution in [0.5, 0.6) is 0 Å². The van der Waals surface area contributed by atoms with Crippen LogP contribution < -0.4 is 10.2 Å². The van der Waals surface area contributed by atoms with E-state index in [0.717, 1.165) is 13.0 Å². The van der Waals surface area contributed by atoms with Crippen molar-refractivity contribution in [3.63, 3.8) is 0 Å². The standard InChI is InChI=1S/C19H26N2/c1-5-20-19(14-16-8-6-15(2)7-9-16)17-10-12-18(13-11-17)21(3)4/h6-13,19-20H,5,14H2,1-4H3. The number of nitrogens with one attached hydrogen (secondary N) is 1. The highest BCUT2D eigenvalue weighted by Crippen LogP contribution is 2.21. The van der Waals surface area contributed by atoms with Crippen LogP contribution in [0.25, 0.3) is 0 Å². The topological polar surface area (TPSA) is 15.3 Å². The smallest absolute Gasteiger partial charge is 0.0361 e. The molecule has 2 heteroatoms. The molecule has 1 unspecified atom stereocenters. The van der Waals surface area contributed by atoms with E-state index in [-0.39, 0.29) is 0 Å². The summed E-state index contributed by atoms with van der Waals surface area (Å²) in [7, 11) is 4.15. The van der Waals surface area contributed by atoms with Gasteiger partial charge in [-0.25, -0.2) is 0 Å². The summed E-state index contributed by atoms with van der Waals surface area (Å²) in [6.07, 6.45) is 1.02. The highest BCUT2D eigenvalue weighted by Gasteiger charge is 2.11. The predicted molar refractivity (Wildman–Crippen MR) is 92.1 cm³/mol. The Morgan fingerprint density at radius 3 is 2.10 bits per heavy atom.